The van der Waals surface area contributed by atoms with Gasteiger partial charge in [0.25, 0.3) is 5.91 Å². The predicted molar refractivity (Wildman–Crippen MR) is 141 cm³/mol. The number of benzene rings is 2. The zero-order valence-electron chi connectivity index (χ0n) is 22.0. The van der Waals surface area contributed by atoms with Gasteiger partial charge in [0, 0.05) is 24.1 Å². The smallest absolute Gasteiger partial charge is 0.383 e. The van der Waals surface area contributed by atoms with Gasteiger partial charge in [-0.3, -0.25) is 14.4 Å². The Morgan fingerprint density at radius 3 is 2.31 bits per heavy atom. The van der Waals surface area contributed by atoms with Crippen LogP contribution in [-0.4, -0.2) is 59.6 Å². The van der Waals surface area contributed by atoms with Gasteiger partial charge in [-0.05, 0) is 31.7 Å². The Labute approximate surface area is 225 Å². The summed E-state index contributed by atoms with van der Waals surface area (Å²) in [6.07, 6.45) is -8.37. The molecule has 2 unspecified atom stereocenters. The maximum Gasteiger partial charge on any atom is 0.389 e. The molecule has 0 bridgehead atoms. The van der Waals surface area contributed by atoms with Crippen molar-refractivity contribution in [3.63, 3.8) is 0 Å². The van der Waals surface area contributed by atoms with Crippen molar-refractivity contribution < 1.29 is 32.7 Å². The fraction of sp³-hybridized carbons (Fsp3) is 0.429. The molecule has 3 amide bonds. The molecule has 0 saturated heterocycles. The second-order valence-corrected chi connectivity index (χ2v) is 9.86. The number of halogens is 3. The van der Waals surface area contributed by atoms with Crippen LogP contribution >= 0.6 is 0 Å². The monoisotopic (exact) mass is 546 g/mol. The molecule has 0 spiro atoms. The van der Waals surface area contributed by atoms with Crippen molar-refractivity contribution >= 4 is 29.1 Å². The van der Waals surface area contributed by atoms with Gasteiger partial charge in [-0.2, -0.15) is 13.2 Å². The Kier molecular flexibility index (Phi) is 9.85. The highest BCUT2D eigenvalue weighted by atomic mass is 19.4. The summed E-state index contributed by atoms with van der Waals surface area (Å²) in [7, 11) is 0. The van der Waals surface area contributed by atoms with Gasteiger partial charge in [-0.25, -0.2) is 4.99 Å². The van der Waals surface area contributed by atoms with E-state index < -0.39 is 48.6 Å². The SMILES string of the molecule is CC(C)CC(O)C(=O)N[C@@H](C)C(=O)NC1N=C(c2ccccc2)c2ccccc2N(CCCC(F)(F)F)C1=O. The second kappa shape index (κ2) is 12.9. The third-order valence-electron chi connectivity index (χ3n) is 6.13. The lowest BCUT2D eigenvalue weighted by molar-refractivity contribution is -0.136. The fourth-order valence-corrected chi connectivity index (χ4v) is 4.21. The number of aliphatic hydroxyl groups excluding tert-OH is 1. The third-order valence-corrected chi connectivity index (χ3v) is 6.13. The molecule has 3 rings (SSSR count). The lowest BCUT2D eigenvalue weighted by atomic mass is 10.00. The first-order chi connectivity index (χ1) is 18.4. The number of amides is 3. The molecule has 1 heterocycles. The average Bonchev–Trinajstić information content (AvgIpc) is 2.98. The van der Waals surface area contributed by atoms with Crippen LogP contribution in [0.2, 0.25) is 0 Å². The number of carbonyl (C=O) groups excluding carboxylic acids is 3. The average molecular weight is 547 g/mol. The molecule has 8 nitrogen and oxygen atoms in total. The Morgan fingerprint density at radius 2 is 1.67 bits per heavy atom. The van der Waals surface area contributed by atoms with Crippen molar-refractivity contribution in [1.82, 2.24) is 10.6 Å². The summed E-state index contributed by atoms with van der Waals surface area (Å²) >= 11 is 0. The van der Waals surface area contributed by atoms with Gasteiger partial charge in [0.15, 0.2) is 0 Å². The van der Waals surface area contributed by atoms with E-state index in [1.807, 2.05) is 13.8 Å². The van der Waals surface area contributed by atoms with Gasteiger partial charge in [0.2, 0.25) is 18.0 Å². The topological polar surface area (TPSA) is 111 Å². The molecule has 11 heteroatoms. The summed E-state index contributed by atoms with van der Waals surface area (Å²) < 4.78 is 38.7. The summed E-state index contributed by atoms with van der Waals surface area (Å²) in [4.78, 5) is 44.7. The highest BCUT2D eigenvalue weighted by Crippen LogP contribution is 2.30. The van der Waals surface area contributed by atoms with E-state index in [-0.39, 0.29) is 25.3 Å². The Balaban J connectivity index is 1.92. The van der Waals surface area contributed by atoms with Gasteiger partial charge >= 0.3 is 6.18 Å². The number of hydrogen-bond acceptors (Lipinski definition) is 5. The Hall–Kier alpha value is -3.73. The number of rotatable bonds is 10. The molecular formula is C28H33F3N4O4. The summed E-state index contributed by atoms with van der Waals surface area (Å²) in [5, 5.41) is 15.0. The van der Waals surface area contributed by atoms with Crippen LogP contribution in [0.5, 0.6) is 0 Å². The number of para-hydroxylation sites is 1. The number of aliphatic imine (C=N–C) groups is 1. The third kappa shape index (κ3) is 8.13. The van der Waals surface area contributed by atoms with Crippen LogP contribution in [0.25, 0.3) is 0 Å². The Morgan fingerprint density at radius 1 is 1.03 bits per heavy atom. The van der Waals surface area contributed by atoms with Crippen LogP contribution in [0, 0.1) is 5.92 Å². The van der Waals surface area contributed by atoms with E-state index >= 15 is 0 Å². The number of hydrogen-bond donors (Lipinski definition) is 3. The lowest BCUT2D eigenvalue weighted by Gasteiger charge is -2.26. The summed E-state index contributed by atoms with van der Waals surface area (Å²) in [5.74, 6) is -2.12. The van der Waals surface area contributed by atoms with Gasteiger partial charge in [0.05, 0.1) is 11.4 Å². The number of anilines is 1. The highest BCUT2D eigenvalue weighted by Gasteiger charge is 2.35. The predicted octanol–water partition coefficient (Wildman–Crippen LogP) is 3.57. The number of carbonyl (C=O) groups is 3. The van der Waals surface area contributed by atoms with Gasteiger partial charge in [0.1, 0.15) is 12.1 Å². The quantitative estimate of drug-likeness (QED) is 0.423. The van der Waals surface area contributed by atoms with Gasteiger partial charge < -0.3 is 20.6 Å². The first-order valence-corrected chi connectivity index (χ1v) is 12.8. The van der Waals surface area contributed by atoms with E-state index in [0.29, 0.717) is 22.5 Å². The number of alkyl halides is 3. The molecule has 0 fully saturated rings. The van der Waals surface area contributed by atoms with E-state index in [4.69, 9.17) is 0 Å². The molecule has 2 aromatic carbocycles. The number of nitrogens with one attached hydrogen (secondary N) is 2. The minimum absolute atomic E-state index is 0.0502. The van der Waals surface area contributed by atoms with Crippen LogP contribution in [0.4, 0.5) is 18.9 Å². The molecule has 0 aromatic heterocycles. The second-order valence-electron chi connectivity index (χ2n) is 9.86. The molecule has 1 aliphatic rings. The summed E-state index contributed by atoms with van der Waals surface area (Å²) in [6.45, 7) is 4.83. The minimum Gasteiger partial charge on any atom is -0.383 e. The number of aliphatic hydroxyl groups is 1. The summed E-state index contributed by atoms with van der Waals surface area (Å²) in [5.41, 5.74) is 1.93. The van der Waals surface area contributed by atoms with Crippen molar-refractivity contribution in [1.29, 1.82) is 0 Å². The molecule has 0 aliphatic carbocycles. The van der Waals surface area contributed by atoms with E-state index in [1.54, 1.807) is 54.6 Å². The Bertz CT molecular complexity index is 1200. The van der Waals surface area contributed by atoms with Crippen molar-refractivity contribution in [3.8, 4) is 0 Å². The minimum atomic E-state index is -4.39. The zero-order chi connectivity index (χ0) is 28.7. The molecule has 3 atom stereocenters. The molecule has 2 aromatic rings. The molecular weight excluding hydrogens is 513 g/mol. The molecule has 210 valence electrons. The maximum absolute atomic E-state index is 13.6. The van der Waals surface area contributed by atoms with Gasteiger partial charge in [-0.1, -0.05) is 62.4 Å². The van der Waals surface area contributed by atoms with Crippen molar-refractivity contribution in [2.45, 2.75) is 64.5 Å². The number of nitrogens with zero attached hydrogens (tertiary/aromatic N) is 2. The zero-order valence-corrected chi connectivity index (χ0v) is 22.0. The van der Waals surface area contributed by atoms with Crippen LogP contribution in [0.15, 0.2) is 59.6 Å². The van der Waals surface area contributed by atoms with E-state index in [2.05, 4.69) is 15.6 Å². The normalized spacial score (nSPS) is 17.1. The van der Waals surface area contributed by atoms with Crippen LogP contribution in [0.3, 0.4) is 0 Å². The molecule has 39 heavy (non-hydrogen) atoms. The van der Waals surface area contributed by atoms with Crippen LogP contribution in [-0.2, 0) is 14.4 Å². The van der Waals surface area contributed by atoms with E-state index in [1.165, 1.54) is 11.8 Å². The van der Waals surface area contributed by atoms with Crippen molar-refractivity contribution in [2.75, 3.05) is 11.4 Å². The molecule has 0 radical (unpaired) electrons. The largest absolute Gasteiger partial charge is 0.389 e. The standard InChI is InChI=1S/C28H33F3N4O4/c1-17(2)16-22(36)26(38)32-18(3)25(37)34-24-27(39)35(15-9-14-28(29,30)31)21-13-8-7-12-20(21)23(33-24)19-10-5-4-6-11-19/h4-8,10-13,17-18,22,24,36H,9,14-16H2,1-3H3,(H,32,38)(H,34,37)/t18-,22?,24?/m0/s1. The fourth-order valence-electron chi connectivity index (χ4n) is 4.21. The molecule has 3 N–H and O–H groups in total. The maximum atomic E-state index is 13.6. The number of fused-ring (bicyclic) bond motifs is 1. The molecule has 1 aliphatic heterocycles. The first-order valence-electron chi connectivity index (χ1n) is 12.8. The first kappa shape index (κ1) is 29.8. The van der Waals surface area contributed by atoms with Crippen LogP contribution < -0.4 is 15.5 Å². The van der Waals surface area contributed by atoms with Crippen molar-refractivity contribution in [3.05, 3.63) is 65.7 Å². The molecule has 0 saturated carbocycles. The van der Waals surface area contributed by atoms with Crippen molar-refractivity contribution in [2.24, 2.45) is 10.9 Å². The number of benzodiazepines with no additional fused rings is 1. The summed E-state index contributed by atoms with van der Waals surface area (Å²) in [6, 6.07) is 14.5. The van der Waals surface area contributed by atoms with E-state index in [9.17, 15) is 32.7 Å². The van der Waals surface area contributed by atoms with Crippen LogP contribution in [0.1, 0.15) is 51.2 Å². The van der Waals surface area contributed by atoms with E-state index in [0.717, 1.165) is 0 Å². The lowest BCUT2D eigenvalue weighted by Crippen LogP contribution is -2.54. The highest BCUT2D eigenvalue weighted by molar-refractivity contribution is 6.20. The van der Waals surface area contributed by atoms with Gasteiger partial charge in [-0.15, -0.1) is 0 Å².